The molecule has 32 heavy (non-hydrogen) atoms. The molecule has 1 aliphatic heterocycles. The van der Waals surface area contributed by atoms with Crippen molar-refractivity contribution in [3.05, 3.63) is 59.7 Å². The van der Waals surface area contributed by atoms with Crippen LogP contribution in [-0.4, -0.2) is 54.0 Å². The van der Waals surface area contributed by atoms with Crippen LogP contribution < -0.4 is 5.73 Å². The number of carbonyl (C=O) groups is 1. The molecule has 172 valence electrons. The number of hydrogen-bond acceptors (Lipinski definition) is 7. The summed E-state index contributed by atoms with van der Waals surface area (Å²) in [5.41, 5.74) is 9.57. The Labute approximate surface area is 187 Å². The van der Waals surface area contributed by atoms with Crippen LogP contribution in [0.25, 0.3) is 11.1 Å². The Morgan fingerprint density at radius 3 is 2.19 bits per heavy atom. The Morgan fingerprint density at radius 2 is 1.69 bits per heavy atom. The summed E-state index contributed by atoms with van der Waals surface area (Å²) < 4.78 is 22.4. The van der Waals surface area contributed by atoms with Gasteiger partial charge in [-0.25, -0.2) is 8.42 Å². The summed E-state index contributed by atoms with van der Waals surface area (Å²) in [5.74, 6) is -0.906. The van der Waals surface area contributed by atoms with Gasteiger partial charge < -0.3 is 20.8 Å². The molecule has 0 aliphatic carbocycles. The lowest BCUT2D eigenvalue weighted by atomic mass is 9.95. The van der Waals surface area contributed by atoms with Gasteiger partial charge in [-0.1, -0.05) is 53.7 Å². The lowest BCUT2D eigenvalue weighted by Crippen LogP contribution is -2.49. The molecule has 0 aromatic heterocycles. The molecule has 0 spiro atoms. The van der Waals surface area contributed by atoms with E-state index in [4.69, 9.17) is 15.7 Å². The first-order valence-electron chi connectivity index (χ1n) is 10.3. The number of nitrogens with zero attached hydrogens (tertiary/aromatic N) is 1. The number of rotatable bonds is 9. The molecule has 2 aromatic carbocycles. The summed E-state index contributed by atoms with van der Waals surface area (Å²) >= 11 is 0. The topological polar surface area (TPSA) is 139 Å². The van der Waals surface area contributed by atoms with E-state index in [1.807, 2.05) is 48.5 Å². The van der Waals surface area contributed by atoms with Crippen LogP contribution in [0, 0.1) is 0 Å². The van der Waals surface area contributed by atoms with Gasteiger partial charge >= 0.3 is 0 Å². The molecule has 0 radical (unpaired) electrons. The lowest BCUT2D eigenvalue weighted by Gasteiger charge is -2.25. The van der Waals surface area contributed by atoms with Crippen LogP contribution in [0.4, 0.5) is 0 Å². The summed E-state index contributed by atoms with van der Waals surface area (Å²) in [7, 11) is -3.72. The maximum atomic E-state index is 12.1. The van der Waals surface area contributed by atoms with Crippen molar-refractivity contribution in [2.75, 3.05) is 12.9 Å². The van der Waals surface area contributed by atoms with E-state index < -0.39 is 32.7 Å². The van der Waals surface area contributed by atoms with Crippen molar-refractivity contribution in [2.45, 2.75) is 43.1 Å². The first-order valence-corrected chi connectivity index (χ1v) is 12.2. The molecule has 8 nitrogen and oxygen atoms in total. The van der Waals surface area contributed by atoms with Crippen molar-refractivity contribution in [3.8, 4) is 11.1 Å². The number of primary amides is 1. The summed E-state index contributed by atoms with van der Waals surface area (Å²) in [5, 5.41) is 23.0. The molecule has 0 saturated carbocycles. The molecule has 0 saturated heterocycles. The Kier molecular flexibility index (Phi) is 7.02. The van der Waals surface area contributed by atoms with Crippen molar-refractivity contribution in [1.29, 1.82) is 0 Å². The number of oxime groups is 1. The zero-order valence-corrected chi connectivity index (χ0v) is 18.9. The monoisotopic (exact) mass is 460 g/mol. The third-order valence-electron chi connectivity index (χ3n) is 5.94. The summed E-state index contributed by atoms with van der Waals surface area (Å²) in [6.07, 6.45) is 0.337. The molecule has 0 fully saturated rings. The molecule has 1 aliphatic rings. The van der Waals surface area contributed by atoms with Crippen molar-refractivity contribution in [3.63, 3.8) is 0 Å². The zero-order valence-electron chi connectivity index (χ0n) is 18.1. The average Bonchev–Trinajstić information content (AvgIpc) is 3.21. The molecular weight excluding hydrogens is 432 g/mol. The highest BCUT2D eigenvalue weighted by atomic mass is 32.2. The SMILES string of the molecule is C[C@@](C[C@H]1CC(c2ccc(-c3ccc(C(O)CCO)cc3)cc2)=NO1)(C(N)=O)S(C)(=O)=O. The fourth-order valence-electron chi connectivity index (χ4n) is 3.62. The van der Waals surface area contributed by atoms with Gasteiger partial charge in [0.05, 0.1) is 11.8 Å². The van der Waals surface area contributed by atoms with Crippen LogP contribution in [0.2, 0.25) is 0 Å². The van der Waals surface area contributed by atoms with E-state index in [9.17, 15) is 18.3 Å². The van der Waals surface area contributed by atoms with E-state index in [0.29, 0.717) is 18.6 Å². The number of aliphatic hydroxyl groups excluding tert-OH is 2. The first-order chi connectivity index (χ1) is 15.0. The minimum atomic E-state index is -3.72. The van der Waals surface area contributed by atoms with Crippen LogP contribution in [0.1, 0.15) is 43.4 Å². The summed E-state index contributed by atoms with van der Waals surface area (Å²) in [4.78, 5) is 17.2. The quantitative estimate of drug-likeness (QED) is 0.523. The van der Waals surface area contributed by atoms with Crippen LogP contribution in [0.5, 0.6) is 0 Å². The number of nitrogens with two attached hydrogens (primary N) is 1. The average molecular weight is 461 g/mol. The third-order valence-corrected chi connectivity index (χ3v) is 7.94. The highest BCUT2D eigenvalue weighted by Gasteiger charge is 2.45. The molecular formula is C23H28N2O6S. The van der Waals surface area contributed by atoms with E-state index in [1.54, 1.807) is 0 Å². The lowest BCUT2D eigenvalue weighted by molar-refractivity contribution is -0.121. The second-order valence-corrected chi connectivity index (χ2v) is 10.7. The van der Waals surface area contributed by atoms with Crippen molar-refractivity contribution in [1.82, 2.24) is 0 Å². The van der Waals surface area contributed by atoms with Gasteiger partial charge in [0, 0.05) is 32.1 Å². The van der Waals surface area contributed by atoms with Gasteiger partial charge in [-0.05, 0) is 29.2 Å². The molecule has 4 N–H and O–H groups in total. The van der Waals surface area contributed by atoms with Crippen LogP contribution in [-0.2, 0) is 19.5 Å². The minimum Gasteiger partial charge on any atom is -0.396 e. The number of benzene rings is 2. The number of hydrogen-bond donors (Lipinski definition) is 3. The molecule has 1 heterocycles. The second kappa shape index (κ2) is 9.40. The highest BCUT2D eigenvalue weighted by molar-refractivity contribution is 7.92. The standard InChI is InChI=1S/C23H28N2O6S/c1-23(22(24)28,32(2,29)30)14-19-13-20(25-31-19)17-7-3-15(4-8-17)16-5-9-18(10-6-16)21(27)11-12-26/h3-10,19,21,26-27H,11-14H2,1-2H3,(H2,24,28)/t19-,21?,23-/m1/s1. The molecule has 9 heteroatoms. The zero-order chi connectivity index (χ0) is 23.5. The Balaban J connectivity index is 1.68. The fraction of sp³-hybridized carbons (Fsp3) is 0.391. The van der Waals surface area contributed by atoms with Gasteiger partial charge in [0.2, 0.25) is 5.91 Å². The number of sulfone groups is 1. The third kappa shape index (κ3) is 5.01. The molecule has 3 atom stereocenters. The molecule has 0 bridgehead atoms. The van der Waals surface area contributed by atoms with E-state index in [2.05, 4.69) is 5.16 Å². The van der Waals surface area contributed by atoms with Crippen molar-refractivity contribution < 1.29 is 28.3 Å². The van der Waals surface area contributed by atoms with Crippen molar-refractivity contribution >= 4 is 21.5 Å². The largest absolute Gasteiger partial charge is 0.396 e. The highest BCUT2D eigenvalue weighted by Crippen LogP contribution is 2.30. The van der Waals surface area contributed by atoms with Crippen LogP contribution in [0.15, 0.2) is 53.7 Å². The predicted octanol–water partition coefficient (Wildman–Crippen LogP) is 1.94. The second-order valence-electron chi connectivity index (χ2n) is 8.27. The number of aliphatic hydroxyl groups is 2. The maximum Gasteiger partial charge on any atom is 0.238 e. The Bertz CT molecular complexity index is 1100. The molecule has 1 amide bonds. The molecule has 1 unspecified atom stereocenters. The summed E-state index contributed by atoms with van der Waals surface area (Å²) in [6, 6.07) is 15.2. The van der Waals surface area contributed by atoms with E-state index in [1.165, 1.54) is 6.92 Å². The smallest absolute Gasteiger partial charge is 0.238 e. The Morgan fingerprint density at radius 1 is 1.16 bits per heavy atom. The summed E-state index contributed by atoms with van der Waals surface area (Å²) in [6.45, 7) is 1.24. The fourth-order valence-corrected chi connectivity index (χ4v) is 4.47. The molecule has 2 aromatic rings. The van der Waals surface area contributed by atoms with E-state index in [-0.39, 0.29) is 13.0 Å². The first kappa shape index (κ1) is 23.9. The van der Waals surface area contributed by atoms with E-state index in [0.717, 1.165) is 28.5 Å². The Hall–Kier alpha value is -2.75. The van der Waals surface area contributed by atoms with Gasteiger partial charge in [-0.15, -0.1) is 0 Å². The van der Waals surface area contributed by atoms with Crippen LogP contribution in [0.3, 0.4) is 0 Å². The van der Waals surface area contributed by atoms with Gasteiger partial charge in [-0.2, -0.15) is 0 Å². The normalized spacial score (nSPS) is 19.0. The predicted molar refractivity (Wildman–Crippen MR) is 122 cm³/mol. The number of carbonyl (C=O) groups excluding carboxylic acids is 1. The minimum absolute atomic E-state index is 0.0687. The van der Waals surface area contributed by atoms with Gasteiger partial charge in [-0.3, -0.25) is 4.79 Å². The van der Waals surface area contributed by atoms with Gasteiger partial charge in [0.25, 0.3) is 0 Å². The van der Waals surface area contributed by atoms with Crippen molar-refractivity contribution in [2.24, 2.45) is 10.9 Å². The maximum absolute atomic E-state index is 12.1. The van der Waals surface area contributed by atoms with Crippen LogP contribution >= 0.6 is 0 Å². The van der Waals surface area contributed by atoms with Gasteiger partial charge in [0.1, 0.15) is 6.10 Å². The van der Waals surface area contributed by atoms with Gasteiger partial charge in [0.15, 0.2) is 14.6 Å². The number of amides is 1. The molecule has 3 rings (SSSR count). The van der Waals surface area contributed by atoms with E-state index >= 15 is 0 Å².